The maximum Gasteiger partial charge on any atom is 0.0461 e. The van der Waals surface area contributed by atoms with E-state index < -0.39 is 0 Å². The van der Waals surface area contributed by atoms with E-state index in [2.05, 4.69) is 43.1 Å². The number of aromatic nitrogens is 1. The van der Waals surface area contributed by atoms with E-state index in [0.717, 1.165) is 6.42 Å². The molecule has 0 fully saturated rings. The van der Waals surface area contributed by atoms with Crippen LogP contribution < -0.4 is 0 Å². The molecular formula is C13H13N. The van der Waals surface area contributed by atoms with Crippen molar-refractivity contribution in [3.8, 4) is 0 Å². The highest BCUT2D eigenvalue weighted by atomic mass is 14.7. The fourth-order valence-corrected chi connectivity index (χ4v) is 2.31. The lowest BCUT2D eigenvalue weighted by atomic mass is 10.1. The number of para-hydroxylation sites is 1. The molecule has 3 rings (SSSR count). The lowest BCUT2D eigenvalue weighted by Crippen LogP contribution is -1.78. The third-order valence-electron chi connectivity index (χ3n) is 3.27. The molecule has 0 saturated carbocycles. The van der Waals surface area contributed by atoms with Gasteiger partial charge in [-0.25, -0.2) is 0 Å². The van der Waals surface area contributed by atoms with Crippen LogP contribution in [0.5, 0.6) is 0 Å². The largest absolute Gasteiger partial charge is 0.355 e. The molecule has 1 aliphatic carbocycles. The topological polar surface area (TPSA) is 15.8 Å². The van der Waals surface area contributed by atoms with Gasteiger partial charge in [-0.2, -0.15) is 0 Å². The molecule has 0 bridgehead atoms. The van der Waals surface area contributed by atoms with Crippen molar-refractivity contribution in [3.05, 3.63) is 41.1 Å². The molecule has 0 unspecified atom stereocenters. The number of H-pyrrole nitrogens is 1. The molecule has 1 heteroatoms. The first-order valence-corrected chi connectivity index (χ1v) is 5.03. The van der Waals surface area contributed by atoms with E-state index in [1.54, 1.807) is 0 Å². The summed E-state index contributed by atoms with van der Waals surface area (Å²) in [5.74, 6) is 0. The van der Waals surface area contributed by atoms with Crippen molar-refractivity contribution in [2.45, 2.75) is 20.3 Å². The Labute approximate surface area is 83.5 Å². The molecule has 0 radical (unpaired) electrons. The highest BCUT2D eigenvalue weighted by Crippen LogP contribution is 2.36. The van der Waals surface area contributed by atoms with Gasteiger partial charge in [0.1, 0.15) is 0 Å². The van der Waals surface area contributed by atoms with Crippen LogP contribution in [-0.4, -0.2) is 4.98 Å². The number of nitrogens with one attached hydrogen (secondary N) is 1. The van der Waals surface area contributed by atoms with Crippen LogP contribution in [0, 0.1) is 0 Å². The van der Waals surface area contributed by atoms with Gasteiger partial charge in [-0.05, 0) is 37.5 Å². The number of rotatable bonds is 0. The van der Waals surface area contributed by atoms with Crippen LogP contribution in [0.15, 0.2) is 29.8 Å². The van der Waals surface area contributed by atoms with Crippen molar-refractivity contribution in [2.24, 2.45) is 0 Å². The van der Waals surface area contributed by atoms with Gasteiger partial charge in [-0.3, -0.25) is 0 Å². The normalized spacial score (nSPS) is 15.3. The molecule has 1 aliphatic rings. The molecular weight excluding hydrogens is 170 g/mol. The number of benzene rings is 1. The average molecular weight is 183 g/mol. The highest BCUT2D eigenvalue weighted by molar-refractivity contribution is 5.92. The highest BCUT2D eigenvalue weighted by Gasteiger charge is 2.19. The quantitative estimate of drug-likeness (QED) is 0.643. The predicted octanol–water partition coefficient (Wildman–Crippen LogP) is 3.52. The maximum atomic E-state index is 3.50. The number of hydrogen-bond acceptors (Lipinski definition) is 0. The molecule has 1 N–H and O–H groups in total. The van der Waals surface area contributed by atoms with Gasteiger partial charge in [0.15, 0.2) is 0 Å². The minimum absolute atomic E-state index is 1.12. The molecule has 1 aromatic heterocycles. The first kappa shape index (κ1) is 7.86. The molecule has 0 aliphatic heterocycles. The Morgan fingerprint density at radius 3 is 2.79 bits per heavy atom. The standard InChI is InChI=1S/C13H13N/c1-8-7-11-10-5-3-4-6-12(10)14-13(11)9(8)2/h3-6,14H,7H2,1-2H3. The van der Waals surface area contributed by atoms with Crippen LogP contribution in [-0.2, 0) is 6.42 Å². The van der Waals surface area contributed by atoms with E-state index in [4.69, 9.17) is 0 Å². The second-order valence-electron chi connectivity index (χ2n) is 4.11. The fraction of sp³-hybridized carbons (Fsp3) is 0.231. The van der Waals surface area contributed by atoms with Gasteiger partial charge in [0.2, 0.25) is 0 Å². The summed E-state index contributed by atoms with van der Waals surface area (Å²) in [6.07, 6.45) is 1.12. The Balaban J connectivity index is 2.39. The van der Waals surface area contributed by atoms with Crippen molar-refractivity contribution in [1.82, 2.24) is 4.98 Å². The van der Waals surface area contributed by atoms with Crippen LogP contribution in [0.3, 0.4) is 0 Å². The van der Waals surface area contributed by atoms with E-state index in [1.807, 2.05) is 0 Å². The smallest absolute Gasteiger partial charge is 0.0461 e. The van der Waals surface area contributed by atoms with Crippen LogP contribution in [0.2, 0.25) is 0 Å². The summed E-state index contributed by atoms with van der Waals surface area (Å²) >= 11 is 0. The average Bonchev–Trinajstić information content (AvgIpc) is 2.67. The summed E-state index contributed by atoms with van der Waals surface area (Å²) in [4.78, 5) is 3.50. The number of hydrogen-bond donors (Lipinski definition) is 1. The summed E-state index contributed by atoms with van der Waals surface area (Å²) in [5, 5.41) is 1.39. The Bertz CT molecular complexity index is 543. The van der Waals surface area contributed by atoms with E-state index in [-0.39, 0.29) is 0 Å². The van der Waals surface area contributed by atoms with Gasteiger partial charge in [-0.15, -0.1) is 0 Å². The van der Waals surface area contributed by atoms with E-state index in [9.17, 15) is 0 Å². The molecule has 0 saturated heterocycles. The van der Waals surface area contributed by atoms with Gasteiger partial charge in [0.05, 0.1) is 0 Å². The van der Waals surface area contributed by atoms with Gasteiger partial charge in [0.25, 0.3) is 0 Å². The predicted molar refractivity (Wildman–Crippen MR) is 60.3 cm³/mol. The Morgan fingerprint density at radius 2 is 1.93 bits per heavy atom. The molecule has 14 heavy (non-hydrogen) atoms. The summed E-state index contributed by atoms with van der Waals surface area (Å²) < 4.78 is 0. The Kier molecular flexibility index (Phi) is 1.41. The molecule has 1 aromatic carbocycles. The van der Waals surface area contributed by atoms with Gasteiger partial charge < -0.3 is 4.98 Å². The van der Waals surface area contributed by atoms with Crippen LogP contribution in [0.4, 0.5) is 0 Å². The van der Waals surface area contributed by atoms with E-state index >= 15 is 0 Å². The lowest BCUT2D eigenvalue weighted by Gasteiger charge is -1.95. The summed E-state index contributed by atoms with van der Waals surface area (Å²) in [5.41, 5.74) is 7.02. The lowest BCUT2D eigenvalue weighted by molar-refractivity contribution is 1.21. The summed E-state index contributed by atoms with van der Waals surface area (Å²) in [6, 6.07) is 8.55. The maximum absolute atomic E-state index is 3.50. The van der Waals surface area contributed by atoms with Crippen molar-refractivity contribution < 1.29 is 0 Å². The van der Waals surface area contributed by atoms with Crippen LogP contribution in [0.1, 0.15) is 25.1 Å². The number of allylic oxidation sites excluding steroid dienone is 2. The summed E-state index contributed by atoms with van der Waals surface area (Å²) in [6.45, 7) is 4.43. The third kappa shape index (κ3) is 0.844. The fourth-order valence-electron chi connectivity index (χ4n) is 2.31. The zero-order valence-corrected chi connectivity index (χ0v) is 8.52. The second-order valence-corrected chi connectivity index (χ2v) is 4.11. The first-order chi connectivity index (χ1) is 6.77. The van der Waals surface area contributed by atoms with Gasteiger partial charge in [-0.1, -0.05) is 23.8 Å². The first-order valence-electron chi connectivity index (χ1n) is 5.03. The number of fused-ring (bicyclic) bond motifs is 3. The number of aromatic amines is 1. The zero-order chi connectivity index (χ0) is 9.71. The van der Waals surface area contributed by atoms with Gasteiger partial charge in [0, 0.05) is 16.6 Å². The minimum atomic E-state index is 1.12. The molecule has 70 valence electrons. The van der Waals surface area contributed by atoms with E-state index in [0.29, 0.717) is 0 Å². The molecule has 0 amide bonds. The molecule has 0 spiro atoms. The van der Waals surface area contributed by atoms with Crippen molar-refractivity contribution in [3.63, 3.8) is 0 Å². The Morgan fingerprint density at radius 1 is 1.14 bits per heavy atom. The van der Waals surface area contributed by atoms with Crippen molar-refractivity contribution >= 4 is 16.5 Å². The van der Waals surface area contributed by atoms with Crippen LogP contribution in [0.25, 0.3) is 16.5 Å². The molecule has 0 atom stereocenters. The Hall–Kier alpha value is -1.50. The minimum Gasteiger partial charge on any atom is -0.355 e. The molecule has 2 aromatic rings. The SMILES string of the molecule is CC1=C(C)c2[nH]c3ccccc3c2C1. The van der Waals surface area contributed by atoms with Crippen molar-refractivity contribution in [1.29, 1.82) is 0 Å². The molecule has 1 nitrogen and oxygen atoms in total. The van der Waals surface area contributed by atoms with Crippen molar-refractivity contribution in [2.75, 3.05) is 0 Å². The summed E-state index contributed by atoms with van der Waals surface area (Å²) in [7, 11) is 0. The monoisotopic (exact) mass is 183 g/mol. The second kappa shape index (κ2) is 2.50. The van der Waals surface area contributed by atoms with E-state index in [1.165, 1.54) is 33.3 Å². The third-order valence-corrected chi connectivity index (χ3v) is 3.27. The molecule has 1 heterocycles. The van der Waals surface area contributed by atoms with Crippen LogP contribution >= 0.6 is 0 Å². The zero-order valence-electron chi connectivity index (χ0n) is 8.52. The van der Waals surface area contributed by atoms with Gasteiger partial charge >= 0.3 is 0 Å².